The third-order valence-corrected chi connectivity index (χ3v) is 3.33. The number of aliphatic hydroxyl groups excluding tert-OH is 2. The molecule has 72 valence electrons. The number of ether oxygens (including phenoxy) is 1. The lowest BCUT2D eigenvalue weighted by atomic mass is 9.97. The first kappa shape index (κ1) is 7.73. The van der Waals surface area contributed by atoms with Crippen molar-refractivity contribution in [3.05, 3.63) is 0 Å². The molecule has 3 aliphatic rings. The molecule has 5 atom stereocenters. The van der Waals surface area contributed by atoms with Gasteiger partial charge < -0.3 is 19.8 Å². The van der Waals surface area contributed by atoms with Crippen LogP contribution in [0.5, 0.6) is 0 Å². The zero-order chi connectivity index (χ0) is 9.16. The SMILES string of the molecule is O=C1C(O)C2C(O)OC3CCN1C32. The molecule has 3 saturated heterocycles. The summed E-state index contributed by atoms with van der Waals surface area (Å²) in [6.45, 7) is 0.647. The minimum atomic E-state index is -1.06. The van der Waals surface area contributed by atoms with E-state index < -0.39 is 18.3 Å². The lowest BCUT2D eigenvalue weighted by Crippen LogP contribution is -2.32. The minimum Gasteiger partial charge on any atom is -0.383 e. The fraction of sp³-hybridized carbons (Fsp3) is 0.875. The zero-order valence-corrected chi connectivity index (χ0v) is 6.96. The minimum absolute atomic E-state index is 0.0684. The van der Waals surface area contributed by atoms with Crippen molar-refractivity contribution in [2.24, 2.45) is 5.92 Å². The number of amides is 1. The third-order valence-electron chi connectivity index (χ3n) is 3.33. The Kier molecular flexibility index (Phi) is 1.33. The smallest absolute Gasteiger partial charge is 0.252 e. The van der Waals surface area contributed by atoms with E-state index in [9.17, 15) is 15.0 Å². The van der Waals surface area contributed by atoms with Crippen molar-refractivity contribution in [2.45, 2.75) is 31.0 Å². The zero-order valence-electron chi connectivity index (χ0n) is 6.96. The molecule has 0 aromatic carbocycles. The second kappa shape index (κ2) is 2.23. The summed E-state index contributed by atoms with van der Waals surface area (Å²) in [5.41, 5.74) is 0. The van der Waals surface area contributed by atoms with Crippen molar-refractivity contribution in [1.29, 1.82) is 0 Å². The van der Waals surface area contributed by atoms with E-state index in [0.717, 1.165) is 6.42 Å². The number of hydrogen-bond acceptors (Lipinski definition) is 4. The molecule has 2 N–H and O–H groups in total. The van der Waals surface area contributed by atoms with E-state index in [1.165, 1.54) is 0 Å². The summed E-state index contributed by atoms with van der Waals surface area (Å²) in [5, 5.41) is 19.0. The van der Waals surface area contributed by atoms with E-state index >= 15 is 0 Å². The van der Waals surface area contributed by atoms with E-state index in [1.807, 2.05) is 0 Å². The van der Waals surface area contributed by atoms with Crippen LogP contribution >= 0.6 is 0 Å². The fourth-order valence-corrected chi connectivity index (χ4v) is 2.76. The maximum Gasteiger partial charge on any atom is 0.252 e. The van der Waals surface area contributed by atoms with Crippen molar-refractivity contribution >= 4 is 5.91 Å². The topological polar surface area (TPSA) is 70.0 Å². The first-order chi connectivity index (χ1) is 6.20. The molecule has 3 fully saturated rings. The van der Waals surface area contributed by atoms with Crippen LogP contribution in [0.2, 0.25) is 0 Å². The predicted molar refractivity (Wildman–Crippen MR) is 40.5 cm³/mol. The van der Waals surface area contributed by atoms with Gasteiger partial charge in [0.05, 0.1) is 18.1 Å². The van der Waals surface area contributed by atoms with Gasteiger partial charge in [0.2, 0.25) is 0 Å². The van der Waals surface area contributed by atoms with Crippen molar-refractivity contribution in [2.75, 3.05) is 6.54 Å². The fourth-order valence-electron chi connectivity index (χ4n) is 2.76. The van der Waals surface area contributed by atoms with Crippen LogP contribution in [-0.2, 0) is 9.53 Å². The van der Waals surface area contributed by atoms with Gasteiger partial charge in [0.1, 0.15) is 6.10 Å². The average Bonchev–Trinajstić information content (AvgIpc) is 2.65. The van der Waals surface area contributed by atoms with Gasteiger partial charge >= 0.3 is 0 Å². The highest BCUT2D eigenvalue weighted by molar-refractivity contribution is 5.84. The quantitative estimate of drug-likeness (QED) is 0.471. The molecular formula is C8H11NO4. The lowest BCUT2D eigenvalue weighted by Gasteiger charge is -2.14. The van der Waals surface area contributed by atoms with Crippen LogP contribution < -0.4 is 0 Å². The van der Waals surface area contributed by atoms with Gasteiger partial charge in [-0.15, -0.1) is 0 Å². The summed E-state index contributed by atoms with van der Waals surface area (Å²) in [6.07, 6.45) is -1.33. The Bertz CT molecular complexity index is 269. The molecule has 3 heterocycles. The summed E-state index contributed by atoms with van der Waals surface area (Å²) in [5.74, 6) is -0.681. The molecule has 3 aliphatic heterocycles. The van der Waals surface area contributed by atoms with Gasteiger partial charge in [-0.2, -0.15) is 0 Å². The van der Waals surface area contributed by atoms with Crippen LogP contribution in [0.1, 0.15) is 6.42 Å². The Hall–Kier alpha value is -0.650. The first-order valence-corrected chi connectivity index (χ1v) is 4.52. The Morgan fingerprint density at radius 3 is 3.00 bits per heavy atom. The monoisotopic (exact) mass is 185 g/mol. The van der Waals surface area contributed by atoms with Crippen LogP contribution in [0.4, 0.5) is 0 Å². The number of hydrogen-bond donors (Lipinski definition) is 2. The van der Waals surface area contributed by atoms with Gasteiger partial charge in [-0.3, -0.25) is 4.79 Å². The maximum atomic E-state index is 11.4. The highest BCUT2D eigenvalue weighted by Crippen LogP contribution is 2.43. The van der Waals surface area contributed by atoms with E-state index in [-0.39, 0.29) is 18.1 Å². The van der Waals surface area contributed by atoms with Gasteiger partial charge in [-0.25, -0.2) is 0 Å². The second-order valence-corrected chi connectivity index (χ2v) is 3.90. The largest absolute Gasteiger partial charge is 0.383 e. The number of rotatable bonds is 0. The van der Waals surface area contributed by atoms with Crippen LogP contribution in [0.3, 0.4) is 0 Å². The normalized spacial score (nSPS) is 53.2. The van der Waals surface area contributed by atoms with Crippen molar-refractivity contribution in [3.63, 3.8) is 0 Å². The molecule has 5 unspecified atom stereocenters. The highest BCUT2D eigenvalue weighted by Gasteiger charge is 2.61. The number of aliphatic hydroxyl groups is 2. The summed E-state index contributed by atoms with van der Waals surface area (Å²) in [4.78, 5) is 13.1. The molecule has 3 rings (SSSR count). The molecular weight excluding hydrogens is 174 g/mol. The standard InChI is InChI=1S/C8H11NO4/c10-6-4-5-3(13-8(4)12)1-2-9(5)7(6)11/h3-6,8,10,12H,1-2H2. The van der Waals surface area contributed by atoms with Gasteiger partial charge in [0, 0.05) is 6.54 Å². The molecule has 1 amide bonds. The molecule has 0 bridgehead atoms. The first-order valence-electron chi connectivity index (χ1n) is 4.52. The van der Waals surface area contributed by atoms with Crippen molar-refractivity contribution in [1.82, 2.24) is 4.90 Å². The van der Waals surface area contributed by atoms with Crippen molar-refractivity contribution in [3.8, 4) is 0 Å². The molecule has 5 nitrogen and oxygen atoms in total. The number of carbonyl (C=O) groups excluding carboxylic acids is 1. The molecule has 0 aromatic rings. The number of nitrogens with zero attached hydrogens (tertiary/aromatic N) is 1. The third kappa shape index (κ3) is 0.751. The molecule has 5 heteroatoms. The Balaban J connectivity index is 2.01. The van der Waals surface area contributed by atoms with Gasteiger partial charge in [0.15, 0.2) is 6.29 Å². The molecule has 0 spiro atoms. The van der Waals surface area contributed by atoms with Crippen LogP contribution in [0.15, 0.2) is 0 Å². The molecule has 13 heavy (non-hydrogen) atoms. The lowest BCUT2D eigenvalue weighted by molar-refractivity contribution is -0.146. The Morgan fingerprint density at radius 2 is 2.23 bits per heavy atom. The molecule has 0 saturated carbocycles. The summed E-state index contributed by atoms with van der Waals surface area (Å²) in [7, 11) is 0. The second-order valence-electron chi connectivity index (χ2n) is 3.90. The number of carbonyl (C=O) groups is 1. The highest BCUT2D eigenvalue weighted by atomic mass is 16.6. The summed E-state index contributed by atoms with van der Waals surface area (Å²) < 4.78 is 5.24. The van der Waals surface area contributed by atoms with Crippen LogP contribution in [-0.4, -0.2) is 52.1 Å². The van der Waals surface area contributed by atoms with Gasteiger partial charge in [-0.05, 0) is 6.42 Å². The van der Waals surface area contributed by atoms with Crippen molar-refractivity contribution < 1.29 is 19.7 Å². The molecule has 0 radical (unpaired) electrons. The van der Waals surface area contributed by atoms with E-state index in [4.69, 9.17) is 4.74 Å². The van der Waals surface area contributed by atoms with Crippen LogP contribution in [0, 0.1) is 5.92 Å². The van der Waals surface area contributed by atoms with Crippen LogP contribution in [0.25, 0.3) is 0 Å². The Labute approximate surface area is 74.9 Å². The summed E-state index contributed by atoms with van der Waals surface area (Å²) >= 11 is 0. The summed E-state index contributed by atoms with van der Waals surface area (Å²) in [6, 6.07) is -0.0856. The van der Waals surface area contributed by atoms with Gasteiger partial charge in [0.25, 0.3) is 5.91 Å². The molecule has 0 aromatic heterocycles. The van der Waals surface area contributed by atoms with E-state index in [0.29, 0.717) is 6.54 Å². The Morgan fingerprint density at radius 1 is 1.46 bits per heavy atom. The van der Waals surface area contributed by atoms with Gasteiger partial charge in [-0.1, -0.05) is 0 Å². The molecule has 0 aliphatic carbocycles. The van der Waals surface area contributed by atoms with E-state index in [2.05, 4.69) is 0 Å². The average molecular weight is 185 g/mol. The predicted octanol–water partition coefficient (Wildman–Crippen LogP) is -1.70. The maximum absolute atomic E-state index is 11.4. The van der Waals surface area contributed by atoms with E-state index in [1.54, 1.807) is 4.90 Å².